The first-order valence-electron chi connectivity index (χ1n) is 9.68. The summed E-state index contributed by atoms with van der Waals surface area (Å²) in [7, 11) is 0. The lowest BCUT2D eigenvalue weighted by Crippen LogP contribution is -2.49. The molecule has 0 aliphatic rings. The van der Waals surface area contributed by atoms with Gasteiger partial charge in [-0.3, -0.25) is 0 Å². The molecule has 8 nitrogen and oxygen atoms in total. The first-order chi connectivity index (χ1) is 15.6. The van der Waals surface area contributed by atoms with Crippen LogP contribution < -0.4 is 10.9 Å². The number of fused-ring (bicyclic) bond motifs is 1. The molecule has 0 fully saturated rings. The van der Waals surface area contributed by atoms with Crippen molar-refractivity contribution in [3.05, 3.63) is 64.5 Å². The zero-order valence-electron chi connectivity index (χ0n) is 16.9. The quantitative estimate of drug-likeness (QED) is 0.248. The number of carbonyl (C=O) groups is 1. The highest BCUT2D eigenvalue weighted by molar-refractivity contribution is 5.90. The minimum Gasteiger partial charge on any atom is -0.422 e. The van der Waals surface area contributed by atoms with Crippen molar-refractivity contribution in [3.63, 3.8) is 0 Å². The van der Waals surface area contributed by atoms with Gasteiger partial charge in [-0.05, 0) is 17.7 Å². The maximum atomic E-state index is 14.0. The Labute approximate surface area is 184 Å². The van der Waals surface area contributed by atoms with E-state index in [1.165, 1.54) is 30.3 Å². The number of rotatable bonds is 8. The summed E-state index contributed by atoms with van der Waals surface area (Å²) in [5, 5.41) is 40.3. The molecule has 3 rings (SSSR count). The highest BCUT2D eigenvalue weighted by Crippen LogP contribution is 2.40. The minimum atomic E-state index is -4.89. The average Bonchev–Trinajstić information content (AvgIpc) is 2.79. The molecule has 0 saturated carbocycles. The molecule has 2 aromatic carbocycles. The molecule has 0 amide bonds. The zero-order valence-corrected chi connectivity index (χ0v) is 16.9. The lowest BCUT2D eigenvalue weighted by molar-refractivity contribution is -0.136. The fourth-order valence-electron chi connectivity index (χ4n) is 3.39. The van der Waals surface area contributed by atoms with Crippen LogP contribution in [-0.4, -0.2) is 57.7 Å². The van der Waals surface area contributed by atoms with Gasteiger partial charge in [0.05, 0.1) is 17.7 Å². The van der Waals surface area contributed by atoms with Crippen molar-refractivity contribution >= 4 is 22.9 Å². The van der Waals surface area contributed by atoms with Crippen LogP contribution in [0.2, 0.25) is 0 Å². The molecule has 0 aliphatic carbocycles. The van der Waals surface area contributed by atoms with E-state index in [1.54, 1.807) is 6.07 Å². The van der Waals surface area contributed by atoms with E-state index in [0.717, 1.165) is 12.1 Å². The van der Waals surface area contributed by atoms with Gasteiger partial charge >= 0.3 is 11.8 Å². The van der Waals surface area contributed by atoms with E-state index < -0.39 is 64.9 Å². The van der Waals surface area contributed by atoms with E-state index in [4.69, 9.17) is 9.52 Å². The van der Waals surface area contributed by atoms with Gasteiger partial charge in [0.15, 0.2) is 0 Å². The predicted molar refractivity (Wildman–Crippen MR) is 112 cm³/mol. The topological polar surface area (TPSA) is 140 Å². The van der Waals surface area contributed by atoms with E-state index >= 15 is 0 Å². The number of aliphatic hydroxyl groups excluding tert-OH is 4. The monoisotopic (exact) mass is 467 g/mol. The Morgan fingerprint density at radius 1 is 1.03 bits per heavy atom. The maximum Gasteiger partial charge on any atom is 0.417 e. The third kappa shape index (κ3) is 5.06. The summed E-state index contributed by atoms with van der Waals surface area (Å²) in [6.07, 6.45) is -10.2. The Morgan fingerprint density at radius 3 is 2.27 bits per heavy atom. The summed E-state index contributed by atoms with van der Waals surface area (Å²) in [6, 6.07) is 9.02. The standard InChI is InChI=1S/C22H20F3NO7/c23-22(24,25)18-13-7-6-12(26-14(9-27)19(30)20(31)15(29)10-28)8-16(13)33-21(32)17(18)11-4-2-1-3-5-11/h1-9,14-15,19-20,26,28-31H,10H2/t14-,15+,19+,20+/m1/s1. The van der Waals surface area contributed by atoms with Crippen LogP contribution in [0, 0.1) is 0 Å². The minimum absolute atomic E-state index is 0.00641. The van der Waals surface area contributed by atoms with Gasteiger partial charge in [0.2, 0.25) is 0 Å². The fourth-order valence-corrected chi connectivity index (χ4v) is 3.39. The van der Waals surface area contributed by atoms with Crippen LogP contribution in [0.15, 0.2) is 57.7 Å². The van der Waals surface area contributed by atoms with Gasteiger partial charge in [0.25, 0.3) is 0 Å². The van der Waals surface area contributed by atoms with Crippen LogP contribution >= 0.6 is 0 Å². The number of carbonyl (C=O) groups excluding carboxylic acids is 1. The Morgan fingerprint density at radius 2 is 1.70 bits per heavy atom. The zero-order chi connectivity index (χ0) is 24.3. The Bertz CT molecular complexity index is 1180. The van der Waals surface area contributed by atoms with Gasteiger partial charge in [-0.2, -0.15) is 13.2 Å². The molecule has 0 saturated heterocycles. The molecule has 3 aromatic rings. The molecule has 176 valence electrons. The molecule has 1 heterocycles. The lowest BCUT2D eigenvalue weighted by atomic mass is 9.97. The van der Waals surface area contributed by atoms with E-state index in [9.17, 15) is 38.1 Å². The first kappa shape index (κ1) is 24.4. The summed E-state index contributed by atoms with van der Waals surface area (Å²) in [4.78, 5) is 23.9. The summed E-state index contributed by atoms with van der Waals surface area (Å²) >= 11 is 0. The third-order valence-corrected chi connectivity index (χ3v) is 5.03. The second-order valence-electron chi connectivity index (χ2n) is 7.25. The Kier molecular flexibility index (Phi) is 7.18. The second kappa shape index (κ2) is 9.71. The molecule has 0 radical (unpaired) electrons. The highest BCUT2D eigenvalue weighted by Gasteiger charge is 2.38. The van der Waals surface area contributed by atoms with Crippen molar-refractivity contribution in [3.8, 4) is 11.1 Å². The Balaban J connectivity index is 2.07. The van der Waals surface area contributed by atoms with Crippen LogP contribution in [0.25, 0.3) is 22.1 Å². The summed E-state index contributed by atoms with van der Waals surface area (Å²) in [5.41, 5.74) is -3.44. The normalized spacial score (nSPS) is 15.6. The van der Waals surface area contributed by atoms with Crippen molar-refractivity contribution < 1.29 is 42.8 Å². The van der Waals surface area contributed by atoms with Crippen LogP contribution in [0.1, 0.15) is 5.56 Å². The number of anilines is 1. The molecular formula is C22H20F3NO7. The van der Waals surface area contributed by atoms with E-state index in [1.807, 2.05) is 0 Å². The number of hydrogen-bond acceptors (Lipinski definition) is 8. The number of alkyl halides is 3. The Hall–Kier alpha value is -3.25. The number of benzene rings is 2. The number of aliphatic hydroxyl groups is 4. The van der Waals surface area contributed by atoms with Gasteiger partial charge in [0.1, 0.15) is 36.2 Å². The van der Waals surface area contributed by atoms with Crippen LogP contribution in [0.3, 0.4) is 0 Å². The van der Waals surface area contributed by atoms with E-state index in [2.05, 4.69) is 5.32 Å². The van der Waals surface area contributed by atoms with Gasteiger partial charge in [-0.25, -0.2) is 4.79 Å². The van der Waals surface area contributed by atoms with Crippen molar-refractivity contribution in [1.82, 2.24) is 0 Å². The number of hydrogen-bond donors (Lipinski definition) is 5. The van der Waals surface area contributed by atoms with E-state index in [0.29, 0.717) is 0 Å². The number of aldehydes is 1. The average molecular weight is 467 g/mol. The summed E-state index contributed by atoms with van der Waals surface area (Å²) < 4.78 is 47.0. The van der Waals surface area contributed by atoms with Crippen molar-refractivity contribution in [2.24, 2.45) is 0 Å². The van der Waals surface area contributed by atoms with Crippen molar-refractivity contribution in [1.29, 1.82) is 0 Å². The number of halogens is 3. The molecule has 1 aromatic heterocycles. The van der Waals surface area contributed by atoms with E-state index in [-0.39, 0.29) is 17.5 Å². The molecule has 0 unspecified atom stereocenters. The maximum absolute atomic E-state index is 14.0. The molecule has 11 heteroatoms. The van der Waals surface area contributed by atoms with Crippen LogP contribution in [-0.2, 0) is 11.0 Å². The predicted octanol–water partition coefficient (Wildman–Crippen LogP) is 1.53. The largest absolute Gasteiger partial charge is 0.422 e. The fraction of sp³-hybridized carbons (Fsp3) is 0.273. The van der Waals surface area contributed by atoms with Crippen LogP contribution in [0.5, 0.6) is 0 Å². The molecule has 0 spiro atoms. The first-order valence-corrected chi connectivity index (χ1v) is 9.68. The SMILES string of the molecule is O=C[C@@H](Nc1ccc2c(C(F)(F)F)c(-c3ccccc3)c(=O)oc2c1)[C@H](O)[C@@H](O)[C@@H](O)CO. The molecule has 0 bridgehead atoms. The van der Waals surface area contributed by atoms with Gasteiger partial charge in [-0.1, -0.05) is 30.3 Å². The summed E-state index contributed by atoms with van der Waals surface area (Å²) in [5.74, 6) is 0. The molecule has 33 heavy (non-hydrogen) atoms. The van der Waals surface area contributed by atoms with Gasteiger partial charge in [0, 0.05) is 17.1 Å². The number of nitrogens with one attached hydrogen (secondary N) is 1. The van der Waals surface area contributed by atoms with Crippen molar-refractivity contribution in [2.45, 2.75) is 30.5 Å². The second-order valence-corrected chi connectivity index (χ2v) is 7.25. The molecule has 5 N–H and O–H groups in total. The van der Waals surface area contributed by atoms with Gasteiger partial charge < -0.3 is 35.0 Å². The van der Waals surface area contributed by atoms with Crippen molar-refractivity contribution in [2.75, 3.05) is 11.9 Å². The van der Waals surface area contributed by atoms with Gasteiger partial charge in [-0.15, -0.1) is 0 Å². The smallest absolute Gasteiger partial charge is 0.417 e. The highest BCUT2D eigenvalue weighted by atomic mass is 19.4. The summed E-state index contributed by atoms with van der Waals surface area (Å²) in [6.45, 7) is -0.880. The third-order valence-electron chi connectivity index (χ3n) is 5.03. The lowest BCUT2D eigenvalue weighted by Gasteiger charge is -2.27. The molecular weight excluding hydrogens is 447 g/mol. The molecule has 0 aliphatic heterocycles. The van der Waals surface area contributed by atoms with Crippen LogP contribution in [0.4, 0.5) is 18.9 Å². The molecule has 4 atom stereocenters.